The molecule has 0 aliphatic carbocycles. The fourth-order valence-corrected chi connectivity index (χ4v) is 5.15. The second-order valence-corrected chi connectivity index (χ2v) is 10.5. The van der Waals surface area contributed by atoms with E-state index in [1.807, 2.05) is 30.3 Å². The van der Waals surface area contributed by atoms with Gasteiger partial charge < -0.3 is 15.0 Å². The molecule has 3 aliphatic rings. The topological polar surface area (TPSA) is 108 Å². The van der Waals surface area contributed by atoms with Crippen LogP contribution < -0.4 is 10.6 Å². The quantitative estimate of drug-likeness (QED) is 0.411. The van der Waals surface area contributed by atoms with E-state index in [4.69, 9.17) is 4.74 Å². The Kier molecular flexibility index (Phi) is 8.02. The highest BCUT2D eigenvalue weighted by atomic mass is 16.6. The number of hydrogen-bond acceptors (Lipinski definition) is 6. The Labute approximate surface area is 207 Å². The first kappa shape index (κ1) is 25.5. The summed E-state index contributed by atoms with van der Waals surface area (Å²) in [4.78, 5) is 54.0. The molecule has 4 atom stereocenters. The van der Waals surface area contributed by atoms with E-state index < -0.39 is 23.7 Å². The minimum Gasteiger partial charge on any atom is -0.365 e. The van der Waals surface area contributed by atoms with Crippen LogP contribution in [-0.4, -0.2) is 71.2 Å². The average Bonchev–Trinajstić information content (AvgIpc) is 3.58. The standard InChI is InChI=1S/C27H37N3O5/c1-27(2)26(34)28-20(16-18-10-5-3-6-11-18)25(33)30-15-9-13-21(30)24(32)19(29-27)12-7-4-8-14-22(31)23-17-35-23/h3,5-6,10-11,19-21,23,29H,4,7-9,12-17H2,1-2H3,(H,28,34)/t19?,20-,21+,23?/m0/s1. The van der Waals surface area contributed by atoms with Crippen molar-refractivity contribution in [3.8, 4) is 0 Å². The van der Waals surface area contributed by atoms with Gasteiger partial charge in [0.15, 0.2) is 11.6 Å². The van der Waals surface area contributed by atoms with Crippen molar-refractivity contribution in [3.63, 3.8) is 0 Å². The van der Waals surface area contributed by atoms with E-state index in [-0.39, 0.29) is 29.5 Å². The predicted molar refractivity (Wildman–Crippen MR) is 131 cm³/mol. The Balaban J connectivity index is 1.46. The molecule has 2 amide bonds. The second-order valence-electron chi connectivity index (χ2n) is 10.5. The van der Waals surface area contributed by atoms with Gasteiger partial charge in [-0.05, 0) is 45.1 Å². The molecule has 1 aromatic rings. The van der Waals surface area contributed by atoms with Crippen LogP contribution in [0, 0.1) is 0 Å². The number of nitrogens with one attached hydrogen (secondary N) is 2. The Morgan fingerprint density at radius 1 is 1.09 bits per heavy atom. The van der Waals surface area contributed by atoms with E-state index in [1.54, 1.807) is 18.7 Å². The van der Waals surface area contributed by atoms with E-state index in [0.717, 1.165) is 31.2 Å². The Hall–Kier alpha value is -2.58. The number of fused-ring (bicyclic) bond motifs is 1. The number of amides is 2. The van der Waals surface area contributed by atoms with Crippen molar-refractivity contribution in [2.75, 3.05) is 13.2 Å². The van der Waals surface area contributed by atoms with E-state index in [9.17, 15) is 19.2 Å². The van der Waals surface area contributed by atoms with E-state index >= 15 is 0 Å². The van der Waals surface area contributed by atoms with Crippen LogP contribution in [-0.2, 0) is 30.3 Å². The molecule has 3 aliphatic heterocycles. The SMILES string of the molecule is CC1(C)NC(CCCCCC(=O)C2CO2)C(=O)[C@H]2CCCN2C(=O)[C@H](Cc2ccccc2)NC1=O. The maximum absolute atomic E-state index is 13.7. The van der Waals surface area contributed by atoms with Gasteiger partial charge in [0.1, 0.15) is 12.1 Å². The van der Waals surface area contributed by atoms with Crippen molar-refractivity contribution in [2.45, 2.75) is 95.0 Å². The maximum atomic E-state index is 13.7. The van der Waals surface area contributed by atoms with Gasteiger partial charge in [-0.3, -0.25) is 24.5 Å². The lowest BCUT2D eigenvalue weighted by Crippen LogP contribution is -2.65. The molecule has 35 heavy (non-hydrogen) atoms. The van der Waals surface area contributed by atoms with Gasteiger partial charge in [-0.25, -0.2) is 0 Å². The van der Waals surface area contributed by atoms with E-state index in [2.05, 4.69) is 10.6 Å². The molecular formula is C27H37N3O5. The number of carbonyl (C=O) groups is 4. The number of benzene rings is 1. The van der Waals surface area contributed by atoms with Crippen LogP contribution >= 0.6 is 0 Å². The van der Waals surface area contributed by atoms with E-state index in [1.165, 1.54) is 0 Å². The number of ether oxygens (including phenoxy) is 1. The number of epoxide rings is 1. The molecule has 8 heteroatoms. The summed E-state index contributed by atoms with van der Waals surface area (Å²) >= 11 is 0. The summed E-state index contributed by atoms with van der Waals surface area (Å²) in [6.45, 7) is 4.58. The van der Waals surface area contributed by atoms with E-state index in [0.29, 0.717) is 38.8 Å². The zero-order valence-electron chi connectivity index (χ0n) is 20.8. The summed E-state index contributed by atoms with van der Waals surface area (Å²) in [5.74, 6) is -0.340. The highest BCUT2D eigenvalue weighted by Crippen LogP contribution is 2.25. The zero-order chi connectivity index (χ0) is 25.0. The summed E-state index contributed by atoms with van der Waals surface area (Å²) < 4.78 is 5.03. The predicted octanol–water partition coefficient (Wildman–Crippen LogP) is 1.94. The van der Waals surface area contributed by atoms with Gasteiger partial charge in [-0.2, -0.15) is 0 Å². The monoisotopic (exact) mass is 483 g/mol. The van der Waals surface area contributed by atoms with Crippen LogP contribution in [0.2, 0.25) is 0 Å². The van der Waals surface area contributed by atoms with Crippen molar-refractivity contribution in [2.24, 2.45) is 0 Å². The molecule has 2 unspecified atom stereocenters. The Bertz CT molecular complexity index is 943. The summed E-state index contributed by atoms with van der Waals surface area (Å²) in [7, 11) is 0. The van der Waals surface area contributed by atoms with Gasteiger partial charge in [0, 0.05) is 19.4 Å². The third-order valence-corrected chi connectivity index (χ3v) is 7.30. The van der Waals surface area contributed by atoms with Gasteiger partial charge >= 0.3 is 0 Å². The lowest BCUT2D eigenvalue weighted by atomic mass is 9.91. The van der Waals surface area contributed by atoms with Gasteiger partial charge in [0.2, 0.25) is 11.8 Å². The smallest absolute Gasteiger partial charge is 0.246 e. The first-order valence-electron chi connectivity index (χ1n) is 12.9. The van der Waals surface area contributed by atoms with Crippen molar-refractivity contribution in [3.05, 3.63) is 35.9 Å². The number of unbranched alkanes of at least 4 members (excludes halogenated alkanes) is 2. The van der Waals surface area contributed by atoms with Crippen molar-refractivity contribution >= 4 is 23.4 Å². The number of ketones is 2. The molecule has 4 rings (SSSR count). The van der Waals surface area contributed by atoms with Crippen LogP contribution in [0.1, 0.15) is 64.4 Å². The largest absolute Gasteiger partial charge is 0.365 e. The minimum atomic E-state index is -1.02. The minimum absolute atomic E-state index is 0.0143. The normalized spacial score (nSPS) is 28.4. The molecule has 0 radical (unpaired) electrons. The third-order valence-electron chi connectivity index (χ3n) is 7.30. The summed E-state index contributed by atoms with van der Waals surface area (Å²) in [5, 5.41) is 6.29. The average molecular weight is 484 g/mol. The summed E-state index contributed by atoms with van der Waals surface area (Å²) in [6.07, 6.45) is 5.01. The molecule has 0 aromatic heterocycles. The molecule has 0 bridgehead atoms. The number of nitrogens with zero attached hydrogens (tertiary/aromatic N) is 1. The highest BCUT2D eigenvalue weighted by molar-refractivity contribution is 5.98. The number of rotatable bonds is 9. The molecular weight excluding hydrogens is 446 g/mol. The van der Waals surface area contributed by atoms with Crippen LogP contribution in [0.4, 0.5) is 0 Å². The molecule has 3 heterocycles. The number of Topliss-reactive ketones (excluding diaryl/α,β-unsaturated/α-hetero) is 2. The van der Waals surface area contributed by atoms with Crippen LogP contribution in [0.15, 0.2) is 30.3 Å². The molecule has 1 aromatic carbocycles. The Morgan fingerprint density at radius 3 is 2.54 bits per heavy atom. The summed E-state index contributed by atoms with van der Waals surface area (Å²) in [5.41, 5.74) is -0.0593. The molecule has 2 N–H and O–H groups in total. The fraction of sp³-hybridized carbons (Fsp3) is 0.630. The molecule has 0 saturated carbocycles. The first-order valence-corrected chi connectivity index (χ1v) is 12.9. The zero-order valence-corrected chi connectivity index (χ0v) is 20.8. The molecule has 190 valence electrons. The van der Waals surface area contributed by atoms with Crippen molar-refractivity contribution < 1.29 is 23.9 Å². The fourth-order valence-electron chi connectivity index (χ4n) is 5.15. The van der Waals surface area contributed by atoms with Gasteiger partial charge in [0.05, 0.1) is 24.2 Å². The van der Waals surface area contributed by atoms with Crippen LogP contribution in [0.25, 0.3) is 0 Å². The molecule has 0 spiro atoms. The van der Waals surface area contributed by atoms with Crippen molar-refractivity contribution in [1.82, 2.24) is 15.5 Å². The molecule has 3 saturated heterocycles. The summed E-state index contributed by atoms with van der Waals surface area (Å²) in [6, 6.07) is 7.90. The molecule has 8 nitrogen and oxygen atoms in total. The number of hydrogen-bond donors (Lipinski definition) is 2. The lowest BCUT2D eigenvalue weighted by molar-refractivity contribution is -0.144. The lowest BCUT2D eigenvalue weighted by Gasteiger charge is -2.37. The van der Waals surface area contributed by atoms with Crippen LogP contribution in [0.3, 0.4) is 0 Å². The number of carbonyl (C=O) groups excluding carboxylic acids is 4. The van der Waals surface area contributed by atoms with Crippen LogP contribution in [0.5, 0.6) is 0 Å². The first-order chi connectivity index (χ1) is 16.8. The highest BCUT2D eigenvalue weighted by Gasteiger charge is 2.44. The van der Waals surface area contributed by atoms with Gasteiger partial charge in [-0.1, -0.05) is 43.2 Å². The van der Waals surface area contributed by atoms with Gasteiger partial charge in [0.25, 0.3) is 0 Å². The second kappa shape index (κ2) is 11.0. The third kappa shape index (κ3) is 6.35. The maximum Gasteiger partial charge on any atom is 0.246 e. The van der Waals surface area contributed by atoms with Gasteiger partial charge in [-0.15, -0.1) is 0 Å². The molecule has 3 fully saturated rings. The Morgan fingerprint density at radius 2 is 1.83 bits per heavy atom. The van der Waals surface area contributed by atoms with Crippen molar-refractivity contribution in [1.29, 1.82) is 0 Å².